The molecule has 2 atom stereocenters. The molecule has 23 heavy (non-hydrogen) atoms. The molecule has 3 fully saturated rings. The lowest BCUT2D eigenvalue weighted by atomic mass is 10.0. The molecule has 0 spiro atoms. The van der Waals surface area contributed by atoms with Crippen LogP contribution in [0.3, 0.4) is 0 Å². The van der Waals surface area contributed by atoms with Crippen LogP contribution in [0, 0.1) is 5.92 Å². The van der Waals surface area contributed by atoms with Crippen LogP contribution >= 0.6 is 0 Å². The lowest BCUT2D eigenvalue weighted by Crippen LogP contribution is -2.51. The molecule has 2 unspecified atom stereocenters. The highest BCUT2D eigenvalue weighted by Gasteiger charge is 2.32. The molecular formula is C18H34N4O. The lowest BCUT2D eigenvalue weighted by Gasteiger charge is -2.35. The molecule has 0 radical (unpaired) electrons. The Kier molecular flexibility index (Phi) is 6.57. The van der Waals surface area contributed by atoms with Crippen molar-refractivity contribution in [2.75, 3.05) is 39.8 Å². The van der Waals surface area contributed by atoms with Crippen LogP contribution in [0.15, 0.2) is 4.99 Å². The number of guanidine groups is 1. The Morgan fingerprint density at radius 2 is 2.04 bits per heavy atom. The summed E-state index contributed by atoms with van der Waals surface area (Å²) in [6, 6.07) is 0.680. The Labute approximate surface area is 141 Å². The molecule has 5 heteroatoms. The van der Waals surface area contributed by atoms with Gasteiger partial charge in [-0.3, -0.25) is 9.89 Å². The van der Waals surface area contributed by atoms with Gasteiger partial charge in [0.05, 0.1) is 12.7 Å². The minimum Gasteiger partial charge on any atom is -0.373 e. The molecule has 3 aliphatic rings. The summed E-state index contributed by atoms with van der Waals surface area (Å²) in [5.74, 6) is 1.90. The number of rotatable bonds is 6. The van der Waals surface area contributed by atoms with E-state index in [2.05, 4.69) is 20.5 Å². The minimum atomic E-state index is 0.293. The third-order valence-corrected chi connectivity index (χ3v) is 5.74. The zero-order chi connectivity index (χ0) is 15.9. The number of ether oxygens (including phenoxy) is 1. The van der Waals surface area contributed by atoms with Gasteiger partial charge >= 0.3 is 0 Å². The summed E-state index contributed by atoms with van der Waals surface area (Å²) in [4.78, 5) is 6.92. The zero-order valence-electron chi connectivity index (χ0n) is 14.7. The van der Waals surface area contributed by atoms with Crippen molar-refractivity contribution in [3.05, 3.63) is 0 Å². The van der Waals surface area contributed by atoms with Crippen LogP contribution in [0.4, 0.5) is 0 Å². The molecule has 0 bridgehead atoms. The van der Waals surface area contributed by atoms with Gasteiger partial charge in [0, 0.05) is 32.7 Å². The molecule has 1 saturated carbocycles. The maximum absolute atomic E-state index is 5.99. The average molecular weight is 322 g/mol. The number of morpholine rings is 1. The molecule has 2 saturated heterocycles. The smallest absolute Gasteiger partial charge is 0.191 e. The fraction of sp³-hybridized carbons (Fsp3) is 0.944. The summed E-state index contributed by atoms with van der Waals surface area (Å²) < 4.78 is 5.99. The number of nitrogens with zero attached hydrogens (tertiary/aromatic N) is 2. The van der Waals surface area contributed by atoms with E-state index in [-0.39, 0.29) is 0 Å². The molecular weight excluding hydrogens is 288 g/mol. The van der Waals surface area contributed by atoms with Crippen molar-refractivity contribution in [1.29, 1.82) is 0 Å². The second kappa shape index (κ2) is 8.88. The third-order valence-electron chi connectivity index (χ3n) is 5.74. The van der Waals surface area contributed by atoms with Gasteiger partial charge in [-0.25, -0.2) is 0 Å². The summed E-state index contributed by atoms with van der Waals surface area (Å²) in [6.45, 7) is 5.09. The molecule has 2 aliphatic heterocycles. The topological polar surface area (TPSA) is 48.9 Å². The summed E-state index contributed by atoms with van der Waals surface area (Å²) >= 11 is 0. The van der Waals surface area contributed by atoms with Crippen LogP contribution in [0.25, 0.3) is 0 Å². The highest BCUT2D eigenvalue weighted by molar-refractivity contribution is 5.79. The first-order valence-electron chi connectivity index (χ1n) is 9.65. The van der Waals surface area contributed by atoms with E-state index >= 15 is 0 Å². The molecule has 0 aromatic rings. The van der Waals surface area contributed by atoms with Crippen molar-refractivity contribution in [2.24, 2.45) is 10.9 Å². The standard InChI is InChI=1S/C18H34N4O/c1-19-18(20-10-4-8-15-6-2-3-7-15)21-12-17-13-22-11-5-9-16(22)14-23-17/h15-17H,2-14H2,1H3,(H2,19,20,21). The van der Waals surface area contributed by atoms with Crippen LogP contribution in [-0.2, 0) is 4.74 Å². The van der Waals surface area contributed by atoms with Crippen molar-refractivity contribution in [3.8, 4) is 0 Å². The summed E-state index contributed by atoms with van der Waals surface area (Å²) in [5.41, 5.74) is 0. The first kappa shape index (κ1) is 17.0. The first-order chi connectivity index (χ1) is 11.3. The van der Waals surface area contributed by atoms with E-state index in [1.165, 1.54) is 57.9 Å². The highest BCUT2D eigenvalue weighted by atomic mass is 16.5. The number of hydrogen-bond acceptors (Lipinski definition) is 3. The predicted molar refractivity (Wildman–Crippen MR) is 94.9 cm³/mol. The van der Waals surface area contributed by atoms with Crippen molar-refractivity contribution in [2.45, 2.75) is 63.5 Å². The van der Waals surface area contributed by atoms with Crippen LogP contribution in [0.5, 0.6) is 0 Å². The van der Waals surface area contributed by atoms with Gasteiger partial charge in [-0.2, -0.15) is 0 Å². The van der Waals surface area contributed by atoms with Gasteiger partial charge in [-0.05, 0) is 38.1 Å². The molecule has 2 heterocycles. The van der Waals surface area contributed by atoms with Gasteiger partial charge in [0.25, 0.3) is 0 Å². The Bertz CT molecular complexity index is 381. The van der Waals surface area contributed by atoms with E-state index in [4.69, 9.17) is 4.74 Å². The van der Waals surface area contributed by atoms with Gasteiger partial charge in [0.1, 0.15) is 0 Å². The number of hydrogen-bond donors (Lipinski definition) is 2. The van der Waals surface area contributed by atoms with Crippen LogP contribution in [0.1, 0.15) is 51.4 Å². The van der Waals surface area contributed by atoms with Gasteiger partial charge in [-0.1, -0.05) is 25.7 Å². The van der Waals surface area contributed by atoms with Gasteiger partial charge < -0.3 is 15.4 Å². The Balaban J connectivity index is 1.28. The van der Waals surface area contributed by atoms with Crippen LogP contribution in [-0.4, -0.2) is 62.8 Å². The molecule has 0 aromatic heterocycles. The number of aliphatic imine (C=N–C) groups is 1. The summed E-state index contributed by atoms with van der Waals surface area (Å²) in [7, 11) is 1.85. The normalized spacial score (nSPS) is 29.7. The van der Waals surface area contributed by atoms with Gasteiger partial charge in [0.15, 0.2) is 5.96 Å². The molecule has 0 amide bonds. The Morgan fingerprint density at radius 3 is 2.87 bits per heavy atom. The van der Waals surface area contributed by atoms with Crippen molar-refractivity contribution in [3.63, 3.8) is 0 Å². The monoisotopic (exact) mass is 322 g/mol. The Hall–Kier alpha value is -0.810. The van der Waals surface area contributed by atoms with E-state index in [1.54, 1.807) is 0 Å². The fourth-order valence-corrected chi connectivity index (χ4v) is 4.34. The second-order valence-electron chi connectivity index (χ2n) is 7.42. The van der Waals surface area contributed by atoms with E-state index in [0.717, 1.165) is 38.1 Å². The van der Waals surface area contributed by atoms with Crippen molar-refractivity contribution < 1.29 is 4.74 Å². The van der Waals surface area contributed by atoms with E-state index in [9.17, 15) is 0 Å². The maximum Gasteiger partial charge on any atom is 0.191 e. The number of fused-ring (bicyclic) bond motifs is 1. The summed E-state index contributed by atoms with van der Waals surface area (Å²) in [6.07, 6.45) is 11.3. The van der Waals surface area contributed by atoms with E-state index < -0.39 is 0 Å². The SMILES string of the molecule is CN=C(NCCCC1CCCC1)NCC1CN2CCCC2CO1. The first-order valence-corrected chi connectivity index (χ1v) is 9.65. The second-order valence-corrected chi connectivity index (χ2v) is 7.42. The fourth-order valence-electron chi connectivity index (χ4n) is 4.34. The van der Waals surface area contributed by atoms with Gasteiger partial charge in [-0.15, -0.1) is 0 Å². The van der Waals surface area contributed by atoms with Gasteiger partial charge in [0.2, 0.25) is 0 Å². The van der Waals surface area contributed by atoms with Crippen molar-refractivity contribution >= 4 is 5.96 Å². The van der Waals surface area contributed by atoms with Crippen LogP contribution in [0.2, 0.25) is 0 Å². The quantitative estimate of drug-likeness (QED) is 0.446. The summed E-state index contributed by atoms with van der Waals surface area (Å²) in [5, 5.41) is 6.88. The lowest BCUT2D eigenvalue weighted by molar-refractivity contribution is -0.0453. The molecule has 1 aliphatic carbocycles. The molecule has 0 aromatic carbocycles. The van der Waals surface area contributed by atoms with Crippen molar-refractivity contribution in [1.82, 2.24) is 15.5 Å². The molecule has 3 rings (SSSR count). The molecule has 132 valence electrons. The zero-order valence-corrected chi connectivity index (χ0v) is 14.7. The maximum atomic E-state index is 5.99. The van der Waals surface area contributed by atoms with Crippen LogP contribution < -0.4 is 10.6 Å². The Morgan fingerprint density at radius 1 is 1.17 bits per heavy atom. The minimum absolute atomic E-state index is 0.293. The molecule has 5 nitrogen and oxygen atoms in total. The largest absolute Gasteiger partial charge is 0.373 e. The van der Waals surface area contributed by atoms with E-state index in [1.807, 2.05) is 7.05 Å². The predicted octanol–water partition coefficient (Wildman–Crippen LogP) is 1.99. The average Bonchev–Trinajstić information content (AvgIpc) is 3.25. The number of nitrogens with one attached hydrogen (secondary N) is 2. The third kappa shape index (κ3) is 5.08. The molecule has 2 N–H and O–H groups in total. The highest BCUT2D eigenvalue weighted by Crippen LogP contribution is 2.28. The van der Waals surface area contributed by atoms with E-state index in [0.29, 0.717) is 12.1 Å².